The molecule has 3 heterocycles. The van der Waals surface area contributed by atoms with E-state index in [0.717, 1.165) is 37.9 Å². The third-order valence-electron chi connectivity index (χ3n) is 5.40. The molecule has 0 spiro atoms. The highest BCUT2D eigenvalue weighted by Crippen LogP contribution is 2.37. The van der Waals surface area contributed by atoms with Gasteiger partial charge in [-0.2, -0.15) is 18.2 Å². The van der Waals surface area contributed by atoms with Gasteiger partial charge in [0.2, 0.25) is 0 Å². The second-order valence-corrected chi connectivity index (χ2v) is 9.28. The molecule has 0 saturated carbocycles. The van der Waals surface area contributed by atoms with Crippen molar-refractivity contribution in [3.8, 4) is 11.3 Å². The van der Waals surface area contributed by atoms with Crippen LogP contribution in [0.15, 0.2) is 37.5 Å². The van der Waals surface area contributed by atoms with E-state index in [-0.39, 0.29) is 22.3 Å². The number of hydrogen-bond acceptors (Lipinski definition) is 6. The molecule has 1 amide bonds. The number of hydrogen-bond donors (Lipinski definition) is 1. The zero-order valence-electron chi connectivity index (χ0n) is 18.4. The van der Waals surface area contributed by atoms with Gasteiger partial charge in [0.1, 0.15) is 28.8 Å². The molecule has 1 aromatic carbocycles. The molecule has 0 saturated heterocycles. The first kappa shape index (κ1) is 25.7. The van der Waals surface area contributed by atoms with Crippen molar-refractivity contribution in [1.82, 2.24) is 13.7 Å². The molecule has 4 aromatic rings. The fourth-order valence-electron chi connectivity index (χ4n) is 3.64. The number of aliphatic hydroxyl groups excluding tert-OH is 1. The van der Waals surface area contributed by atoms with Crippen LogP contribution in [-0.2, 0) is 38.2 Å². The maximum atomic E-state index is 14.6. The predicted octanol–water partition coefficient (Wildman–Crippen LogP) is 2.75. The number of nitrogens with zero attached hydrogens (tertiary/aromatic N) is 4. The number of thiophene rings is 1. The summed E-state index contributed by atoms with van der Waals surface area (Å²) in [6, 6.07) is 1.25. The van der Waals surface area contributed by atoms with Crippen LogP contribution in [0.25, 0.3) is 21.5 Å². The quantitative estimate of drug-likeness (QED) is 0.398. The van der Waals surface area contributed by atoms with Gasteiger partial charge in [-0.05, 0) is 23.1 Å². The lowest BCUT2D eigenvalue weighted by molar-refractivity contribution is -0.142. The average molecular weight is 546 g/mol. The molecule has 8 nitrogen and oxygen atoms in total. The Morgan fingerprint density at radius 1 is 1.08 bits per heavy atom. The van der Waals surface area contributed by atoms with E-state index in [1.165, 1.54) is 29.4 Å². The molecule has 0 radical (unpaired) electrons. The van der Waals surface area contributed by atoms with Crippen LogP contribution in [0.4, 0.5) is 22.0 Å². The summed E-state index contributed by atoms with van der Waals surface area (Å²) in [5.41, 5.74) is -3.78. The number of carbonyl (C=O) groups is 1. The van der Waals surface area contributed by atoms with Crippen molar-refractivity contribution in [2.75, 3.05) is 0 Å². The Balaban J connectivity index is 1.76. The molecule has 0 bridgehead atoms. The number of amides is 1. The van der Waals surface area contributed by atoms with Gasteiger partial charge in [0.05, 0.1) is 17.5 Å². The summed E-state index contributed by atoms with van der Waals surface area (Å²) in [6.07, 6.45) is -5.65. The van der Waals surface area contributed by atoms with E-state index in [4.69, 9.17) is 0 Å². The lowest BCUT2D eigenvalue weighted by atomic mass is 10.1. The maximum absolute atomic E-state index is 14.6. The molecule has 0 unspecified atom stereocenters. The van der Waals surface area contributed by atoms with Crippen LogP contribution in [0, 0.1) is 11.6 Å². The highest BCUT2D eigenvalue weighted by molar-refractivity contribution is 7.17. The molecule has 0 atom stereocenters. The van der Waals surface area contributed by atoms with Gasteiger partial charge in [0.15, 0.2) is 4.80 Å². The van der Waals surface area contributed by atoms with E-state index < -0.39 is 52.8 Å². The van der Waals surface area contributed by atoms with Crippen molar-refractivity contribution < 1.29 is 31.9 Å². The first-order valence-corrected chi connectivity index (χ1v) is 11.7. The number of fused-ring (bicyclic) bond motifs is 1. The smallest absolute Gasteiger partial charge is 0.376 e. The lowest BCUT2D eigenvalue weighted by Crippen LogP contribution is -2.36. The molecule has 190 valence electrons. The number of aryl methyl sites for hydroxylation is 1. The Morgan fingerprint density at radius 3 is 2.42 bits per heavy atom. The Bertz CT molecular complexity index is 1710. The standard InChI is InChI=1S/C21H15F5N4O4S2/c1-28-17(33)14-9(6-35-18(14)29(2)20(28)34)5-13(32)27-19-30(8-31)12(7-36-19)10-3-4-11(22)15(16(10)23)21(24,25)26/h3-4,6-7,31H,5,8H2,1-2H3. The normalized spacial score (nSPS) is 12.6. The molecular formula is C21H15F5N4O4S2. The van der Waals surface area contributed by atoms with E-state index in [9.17, 15) is 41.4 Å². The number of carbonyl (C=O) groups excluding carboxylic acids is 1. The third-order valence-corrected chi connectivity index (χ3v) is 7.36. The summed E-state index contributed by atoms with van der Waals surface area (Å²) in [4.78, 5) is 41.4. The fraction of sp³-hybridized carbons (Fsp3) is 0.238. The summed E-state index contributed by atoms with van der Waals surface area (Å²) in [7, 11) is 2.78. The van der Waals surface area contributed by atoms with Crippen LogP contribution in [-0.4, -0.2) is 24.7 Å². The van der Waals surface area contributed by atoms with E-state index in [1.807, 2.05) is 0 Å². The van der Waals surface area contributed by atoms with Gasteiger partial charge in [-0.15, -0.1) is 22.7 Å². The number of rotatable bonds is 4. The summed E-state index contributed by atoms with van der Waals surface area (Å²) in [5.74, 6) is -4.43. The molecule has 4 rings (SSSR count). The van der Waals surface area contributed by atoms with Crippen LogP contribution in [0.1, 0.15) is 11.1 Å². The summed E-state index contributed by atoms with van der Waals surface area (Å²) >= 11 is 1.83. The van der Waals surface area contributed by atoms with Gasteiger partial charge in [0, 0.05) is 25.0 Å². The van der Waals surface area contributed by atoms with Crippen LogP contribution < -0.4 is 16.1 Å². The van der Waals surface area contributed by atoms with Gasteiger partial charge in [-0.25, -0.2) is 13.6 Å². The monoisotopic (exact) mass is 546 g/mol. The van der Waals surface area contributed by atoms with E-state index in [0.29, 0.717) is 16.5 Å². The van der Waals surface area contributed by atoms with Crippen LogP contribution in [0.5, 0.6) is 0 Å². The number of thiazole rings is 1. The van der Waals surface area contributed by atoms with Crippen molar-refractivity contribution in [3.05, 3.63) is 71.3 Å². The van der Waals surface area contributed by atoms with Crippen molar-refractivity contribution in [2.45, 2.75) is 19.3 Å². The Kier molecular flexibility index (Phi) is 6.57. The molecule has 0 aliphatic rings. The van der Waals surface area contributed by atoms with Crippen LogP contribution in [0.3, 0.4) is 0 Å². The van der Waals surface area contributed by atoms with Crippen molar-refractivity contribution in [1.29, 1.82) is 0 Å². The van der Waals surface area contributed by atoms with Gasteiger partial charge in [0.25, 0.3) is 11.5 Å². The molecule has 0 aliphatic heterocycles. The largest absolute Gasteiger partial charge is 0.422 e. The summed E-state index contributed by atoms with van der Waals surface area (Å²) in [6.45, 7) is -0.868. The lowest BCUT2D eigenvalue weighted by Gasteiger charge is -2.13. The fourth-order valence-corrected chi connectivity index (χ4v) is 5.58. The molecule has 1 N–H and O–H groups in total. The average Bonchev–Trinajstić information content (AvgIpc) is 3.39. The van der Waals surface area contributed by atoms with E-state index in [2.05, 4.69) is 4.99 Å². The zero-order chi connectivity index (χ0) is 26.5. The SMILES string of the molecule is Cn1c(=O)c2c(CC(=O)N=c3scc(-c4ccc(F)c(C(F)(F)F)c4F)n3CO)csc2n(C)c1=O. The van der Waals surface area contributed by atoms with Crippen molar-refractivity contribution in [3.63, 3.8) is 0 Å². The second kappa shape index (κ2) is 9.22. The number of alkyl halides is 3. The molecule has 36 heavy (non-hydrogen) atoms. The molecule has 3 aromatic heterocycles. The first-order valence-electron chi connectivity index (χ1n) is 9.95. The second-order valence-electron chi connectivity index (χ2n) is 7.58. The van der Waals surface area contributed by atoms with E-state index in [1.54, 1.807) is 0 Å². The highest BCUT2D eigenvalue weighted by atomic mass is 32.1. The topological polar surface area (TPSA) is 98.6 Å². The predicted molar refractivity (Wildman–Crippen MR) is 121 cm³/mol. The van der Waals surface area contributed by atoms with Crippen LogP contribution >= 0.6 is 22.7 Å². The van der Waals surface area contributed by atoms with E-state index >= 15 is 0 Å². The first-order chi connectivity index (χ1) is 16.9. The van der Waals surface area contributed by atoms with Gasteiger partial charge < -0.3 is 5.11 Å². The van der Waals surface area contributed by atoms with Crippen molar-refractivity contribution >= 4 is 38.8 Å². The maximum Gasteiger partial charge on any atom is 0.422 e. The number of aliphatic hydroxyl groups is 1. The zero-order valence-corrected chi connectivity index (χ0v) is 20.0. The highest BCUT2D eigenvalue weighted by Gasteiger charge is 2.39. The van der Waals surface area contributed by atoms with Crippen molar-refractivity contribution in [2.24, 2.45) is 19.1 Å². The van der Waals surface area contributed by atoms with Crippen LogP contribution in [0.2, 0.25) is 0 Å². The Labute approximate surface area is 205 Å². The van der Waals surface area contributed by atoms with Gasteiger partial charge >= 0.3 is 11.9 Å². The summed E-state index contributed by atoms with van der Waals surface area (Å²) in [5, 5.41) is 12.6. The number of halogens is 5. The number of benzene rings is 1. The molecule has 0 aliphatic carbocycles. The minimum Gasteiger partial charge on any atom is -0.376 e. The summed E-state index contributed by atoms with van der Waals surface area (Å²) < 4.78 is 70.7. The molecule has 0 fully saturated rings. The third kappa shape index (κ3) is 4.22. The Morgan fingerprint density at radius 2 is 1.78 bits per heavy atom. The Hall–Kier alpha value is -3.43. The van der Waals surface area contributed by atoms with Gasteiger partial charge in [-0.3, -0.25) is 23.3 Å². The minimum absolute atomic E-state index is 0.158. The molecular weight excluding hydrogens is 531 g/mol. The minimum atomic E-state index is -5.29. The number of aromatic nitrogens is 3. The molecule has 15 heteroatoms. The van der Waals surface area contributed by atoms with Gasteiger partial charge in [-0.1, -0.05) is 0 Å².